The van der Waals surface area contributed by atoms with Crippen molar-refractivity contribution < 1.29 is 18.9 Å². The average molecular weight is 520 g/mol. The van der Waals surface area contributed by atoms with Gasteiger partial charge in [0.25, 0.3) is 0 Å². The van der Waals surface area contributed by atoms with Crippen molar-refractivity contribution in [1.29, 1.82) is 0 Å². The number of methoxy groups -OCH3 is 4. The minimum atomic E-state index is 0.535. The third kappa shape index (κ3) is 4.79. The molecule has 0 saturated heterocycles. The van der Waals surface area contributed by atoms with E-state index in [2.05, 4.69) is 37.7 Å². The van der Waals surface area contributed by atoms with Crippen molar-refractivity contribution in [2.75, 3.05) is 64.2 Å². The minimum Gasteiger partial charge on any atom is -0.493 e. The van der Waals surface area contributed by atoms with E-state index < -0.39 is 0 Å². The third-order valence-corrected chi connectivity index (χ3v) is 6.79. The highest BCUT2D eigenvalue weighted by atomic mass is 16.5. The number of aromatic nitrogens is 4. The van der Waals surface area contributed by atoms with Gasteiger partial charge in [-0.15, -0.1) is 0 Å². The summed E-state index contributed by atoms with van der Waals surface area (Å²) in [6.45, 7) is 2.13. The van der Waals surface area contributed by atoms with Crippen LogP contribution in [-0.4, -0.2) is 68.2 Å². The molecule has 2 aromatic heterocycles. The van der Waals surface area contributed by atoms with Crippen molar-refractivity contribution in [3.05, 3.63) is 53.3 Å². The van der Waals surface area contributed by atoms with Crippen molar-refractivity contribution >= 4 is 22.9 Å². The Labute approximate surface area is 221 Å². The zero-order valence-electron chi connectivity index (χ0n) is 22.4. The van der Waals surface area contributed by atoms with Crippen molar-refractivity contribution in [3.63, 3.8) is 0 Å². The van der Waals surface area contributed by atoms with Crippen LogP contribution in [0.1, 0.15) is 16.7 Å². The highest BCUT2D eigenvalue weighted by Gasteiger charge is 2.24. The molecule has 4 aromatic rings. The van der Waals surface area contributed by atoms with Crippen LogP contribution in [0.15, 0.2) is 36.7 Å². The summed E-state index contributed by atoms with van der Waals surface area (Å²) in [5.41, 5.74) is 8.16. The zero-order chi connectivity index (χ0) is 26.6. The summed E-state index contributed by atoms with van der Waals surface area (Å²) in [6, 6.07) is 10.1. The first-order valence-corrected chi connectivity index (χ1v) is 12.4. The Morgan fingerprint density at radius 3 is 2.29 bits per heavy atom. The van der Waals surface area contributed by atoms with Gasteiger partial charge in [0.2, 0.25) is 5.95 Å². The molecule has 0 unspecified atom stereocenters. The van der Waals surface area contributed by atoms with Crippen LogP contribution in [0.25, 0.3) is 11.2 Å². The highest BCUT2D eigenvalue weighted by molar-refractivity contribution is 5.85. The lowest BCUT2D eigenvalue weighted by atomic mass is 9.98. The van der Waals surface area contributed by atoms with E-state index in [1.807, 2.05) is 29.9 Å². The number of hydrogen-bond acceptors (Lipinski definition) is 10. The summed E-state index contributed by atoms with van der Waals surface area (Å²) in [4.78, 5) is 16.4. The molecule has 3 heterocycles. The number of fused-ring (bicyclic) bond motifs is 2. The van der Waals surface area contributed by atoms with E-state index in [1.54, 1.807) is 34.8 Å². The fourth-order valence-corrected chi connectivity index (χ4v) is 4.79. The van der Waals surface area contributed by atoms with Gasteiger partial charge in [-0.1, -0.05) is 6.07 Å². The lowest BCUT2D eigenvalue weighted by Crippen LogP contribution is -2.32. The fourth-order valence-electron chi connectivity index (χ4n) is 4.79. The van der Waals surface area contributed by atoms with Crippen LogP contribution < -0.4 is 34.6 Å². The van der Waals surface area contributed by atoms with Crippen molar-refractivity contribution in [1.82, 2.24) is 19.6 Å². The second kappa shape index (κ2) is 10.9. The third-order valence-electron chi connectivity index (χ3n) is 6.79. The molecule has 0 fully saturated rings. The van der Waals surface area contributed by atoms with E-state index >= 15 is 0 Å². The Morgan fingerprint density at radius 2 is 1.58 bits per heavy atom. The van der Waals surface area contributed by atoms with Crippen molar-refractivity contribution in [2.24, 2.45) is 0 Å². The Bertz CT molecular complexity index is 1440. The zero-order valence-corrected chi connectivity index (χ0v) is 22.4. The van der Waals surface area contributed by atoms with E-state index in [4.69, 9.17) is 23.9 Å². The van der Waals surface area contributed by atoms with Gasteiger partial charge >= 0.3 is 0 Å². The average Bonchev–Trinajstić information content (AvgIpc) is 3.38. The molecule has 0 spiro atoms. The maximum absolute atomic E-state index is 5.55. The Kier molecular flexibility index (Phi) is 7.25. The Morgan fingerprint density at radius 1 is 0.868 bits per heavy atom. The molecule has 2 N–H and O–H groups in total. The monoisotopic (exact) mass is 519 g/mol. The summed E-state index contributed by atoms with van der Waals surface area (Å²) in [5, 5.41) is 3.38. The first-order chi connectivity index (χ1) is 18.6. The topological polar surface area (TPSA) is 108 Å². The van der Waals surface area contributed by atoms with Gasteiger partial charge in [0.15, 0.2) is 40.0 Å². The molecule has 0 atom stereocenters. The van der Waals surface area contributed by atoms with Crippen LogP contribution in [-0.2, 0) is 19.4 Å². The molecule has 0 aliphatic carbocycles. The molecule has 38 heavy (non-hydrogen) atoms. The molecule has 1 aliphatic heterocycles. The number of nitrogens with zero attached hydrogens (tertiary/aromatic N) is 5. The fraction of sp³-hybridized carbons (Fsp3) is 0.370. The number of hydrogen-bond donors (Lipinski definition) is 2. The lowest BCUT2D eigenvalue weighted by molar-refractivity contribution is 0.353. The van der Waals surface area contributed by atoms with Crippen LogP contribution >= 0.6 is 0 Å². The van der Waals surface area contributed by atoms with Gasteiger partial charge in [0, 0.05) is 26.7 Å². The molecule has 0 bridgehead atoms. The van der Waals surface area contributed by atoms with Gasteiger partial charge in [-0.25, -0.2) is 9.66 Å². The maximum atomic E-state index is 5.55. The van der Waals surface area contributed by atoms with Gasteiger partial charge in [-0.2, -0.15) is 9.97 Å². The predicted octanol–water partition coefficient (Wildman–Crippen LogP) is 3.25. The molecule has 0 amide bonds. The van der Waals surface area contributed by atoms with Gasteiger partial charge < -0.3 is 34.6 Å². The van der Waals surface area contributed by atoms with E-state index in [0.717, 1.165) is 47.8 Å². The molecule has 11 nitrogen and oxygen atoms in total. The maximum Gasteiger partial charge on any atom is 0.226 e. The summed E-state index contributed by atoms with van der Waals surface area (Å²) in [7, 11) is 8.44. The molecule has 11 heteroatoms. The second-order valence-corrected chi connectivity index (χ2v) is 8.89. The van der Waals surface area contributed by atoms with Gasteiger partial charge in [-0.3, -0.25) is 0 Å². The molecule has 1 aliphatic rings. The number of anilines is 2. The number of ether oxygens (including phenoxy) is 4. The normalized spacial score (nSPS) is 12.7. The number of benzene rings is 2. The lowest BCUT2D eigenvalue weighted by Gasteiger charge is -2.31. The molecular weight excluding hydrogens is 486 g/mol. The van der Waals surface area contributed by atoms with E-state index in [1.165, 1.54) is 11.1 Å². The summed E-state index contributed by atoms with van der Waals surface area (Å²) in [6.07, 6.45) is 3.35. The summed E-state index contributed by atoms with van der Waals surface area (Å²) < 4.78 is 23.7. The second-order valence-electron chi connectivity index (χ2n) is 8.89. The van der Waals surface area contributed by atoms with E-state index in [9.17, 15) is 0 Å². The highest BCUT2D eigenvalue weighted by Crippen LogP contribution is 2.35. The molecule has 5 rings (SSSR count). The van der Waals surface area contributed by atoms with Crippen molar-refractivity contribution in [3.8, 4) is 23.0 Å². The molecule has 0 saturated carbocycles. The molecule has 2 aromatic carbocycles. The SMILES string of the molecule is CNn1cnc2nc(NCCc3ccc(OC)c(OC)c3)nc(N3CCc4cc(OC)c(OC)cc4C3)c21. The standard InChI is InChI=1S/C27H33N7O4/c1-28-34-16-30-25-24(34)26(33-11-9-18-13-22(37-4)23(38-5)14-19(18)15-33)32-27(31-25)29-10-8-17-6-7-20(35-2)21(12-17)36-3/h6-7,12-14,16,28H,8-11,15H2,1-5H3,(H,29,31,32). The summed E-state index contributed by atoms with van der Waals surface area (Å²) in [5.74, 6) is 4.24. The number of rotatable bonds is 10. The molecular formula is C27H33N7O4. The van der Waals surface area contributed by atoms with Gasteiger partial charge in [0.05, 0.1) is 28.4 Å². The first-order valence-electron chi connectivity index (χ1n) is 12.4. The molecule has 200 valence electrons. The van der Waals surface area contributed by atoms with Crippen LogP contribution in [0, 0.1) is 0 Å². The smallest absolute Gasteiger partial charge is 0.226 e. The Balaban J connectivity index is 1.40. The minimum absolute atomic E-state index is 0.535. The van der Waals surface area contributed by atoms with Crippen LogP contribution in [0.3, 0.4) is 0 Å². The first kappa shape index (κ1) is 25.2. The van der Waals surface area contributed by atoms with E-state index in [0.29, 0.717) is 36.2 Å². The Hall–Kier alpha value is -4.41. The number of nitrogens with one attached hydrogen (secondary N) is 2. The van der Waals surface area contributed by atoms with Crippen LogP contribution in [0.5, 0.6) is 23.0 Å². The van der Waals surface area contributed by atoms with Gasteiger partial charge in [0.1, 0.15) is 6.33 Å². The molecule has 0 radical (unpaired) electrons. The quantitative estimate of drug-likeness (QED) is 0.324. The van der Waals surface area contributed by atoms with E-state index in [-0.39, 0.29) is 0 Å². The van der Waals surface area contributed by atoms with Gasteiger partial charge in [-0.05, 0) is 53.8 Å². The summed E-state index contributed by atoms with van der Waals surface area (Å²) >= 11 is 0. The van der Waals surface area contributed by atoms with Crippen LogP contribution in [0.4, 0.5) is 11.8 Å². The van der Waals surface area contributed by atoms with Crippen LogP contribution in [0.2, 0.25) is 0 Å². The number of imidazole rings is 1. The largest absolute Gasteiger partial charge is 0.493 e. The predicted molar refractivity (Wildman–Crippen MR) is 147 cm³/mol. The van der Waals surface area contributed by atoms with Crippen molar-refractivity contribution in [2.45, 2.75) is 19.4 Å².